The molecule has 0 fully saturated rings. The second-order valence-electron chi connectivity index (χ2n) is 4.39. The molecule has 1 rings (SSSR count). The van der Waals surface area contributed by atoms with Crippen LogP contribution in [0.5, 0.6) is 0 Å². The van der Waals surface area contributed by atoms with Gasteiger partial charge in [-0.3, -0.25) is 0 Å². The zero-order chi connectivity index (χ0) is 11.3. The van der Waals surface area contributed by atoms with Gasteiger partial charge in [0.05, 0.1) is 0 Å². The molecule has 15 heavy (non-hydrogen) atoms. The third kappa shape index (κ3) is 4.00. The van der Waals surface area contributed by atoms with Crippen LogP contribution >= 0.6 is 0 Å². The minimum absolute atomic E-state index is 0.159. The molecule has 0 aliphatic rings. The Labute approximate surface area is 91.7 Å². The maximum absolute atomic E-state index is 12.7. The third-order valence-corrected chi connectivity index (χ3v) is 2.82. The average molecular weight is 209 g/mol. The normalized spacial score (nSPS) is 13.1. The van der Waals surface area contributed by atoms with Gasteiger partial charge in [-0.1, -0.05) is 26.0 Å². The fraction of sp³-hybridized carbons (Fsp3) is 0.538. The van der Waals surface area contributed by atoms with E-state index in [0.29, 0.717) is 11.8 Å². The van der Waals surface area contributed by atoms with Crippen molar-refractivity contribution in [3.05, 3.63) is 35.6 Å². The predicted molar refractivity (Wildman–Crippen MR) is 62.4 cm³/mol. The van der Waals surface area contributed by atoms with E-state index in [4.69, 9.17) is 0 Å². The van der Waals surface area contributed by atoms with Crippen molar-refractivity contribution in [3.63, 3.8) is 0 Å². The summed E-state index contributed by atoms with van der Waals surface area (Å²) in [6.45, 7) is 5.46. The lowest BCUT2D eigenvalue weighted by atomic mass is 9.89. The molecule has 1 N–H and O–H groups in total. The molecule has 0 spiro atoms. The second kappa shape index (κ2) is 5.86. The molecule has 1 aromatic rings. The zero-order valence-corrected chi connectivity index (χ0v) is 9.76. The lowest BCUT2D eigenvalue weighted by molar-refractivity contribution is 0.370. The minimum Gasteiger partial charge on any atom is -0.319 e. The van der Waals surface area contributed by atoms with Crippen molar-refractivity contribution in [1.29, 1.82) is 0 Å². The van der Waals surface area contributed by atoms with Crippen LogP contribution in [0.2, 0.25) is 0 Å². The standard InChI is InChI=1S/C13H20FN/c1-10(2)12(9-15-3)8-11-4-6-13(14)7-5-11/h4-7,10,12,15H,8-9H2,1-3H3. The molecule has 1 unspecified atom stereocenters. The van der Waals surface area contributed by atoms with Gasteiger partial charge in [-0.15, -0.1) is 0 Å². The quantitative estimate of drug-likeness (QED) is 0.786. The Balaban J connectivity index is 2.61. The van der Waals surface area contributed by atoms with Gasteiger partial charge in [0, 0.05) is 0 Å². The molecule has 0 aromatic heterocycles. The molecular formula is C13H20FN. The minimum atomic E-state index is -0.159. The van der Waals surface area contributed by atoms with Gasteiger partial charge < -0.3 is 5.32 Å². The van der Waals surface area contributed by atoms with Crippen molar-refractivity contribution in [1.82, 2.24) is 5.32 Å². The average Bonchev–Trinajstić information content (AvgIpc) is 2.20. The number of hydrogen-bond donors (Lipinski definition) is 1. The van der Waals surface area contributed by atoms with Crippen molar-refractivity contribution in [2.75, 3.05) is 13.6 Å². The number of rotatable bonds is 5. The highest BCUT2D eigenvalue weighted by Gasteiger charge is 2.12. The van der Waals surface area contributed by atoms with Crippen LogP contribution in [0.15, 0.2) is 24.3 Å². The smallest absolute Gasteiger partial charge is 0.123 e. The van der Waals surface area contributed by atoms with Crippen LogP contribution in [0.1, 0.15) is 19.4 Å². The summed E-state index contributed by atoms with van der Waals surface area (Å²) in [5.74, 6) is 1.09. The van der Waals surface area contributed by atoms with Crippen LogP contribution in [-0.2, 0) is 6.42 Å². The first kappa shape index (κ1) is 12.2. The molecule has 2 heteroatoms. The van der Waals surface area contributed by atoms with Crippen LogP contribution < -0.4 is 5.32 Å². The highest BCUT2D eigenvalue weighted by Crippen LogP contribution is 2.16. The molecule has 84 valence electrons. The van der Waals surface area contributed by atoms with Gasteiger partial charge >= 0.3 is 0 Å². The van der Waals surface area contributed by atoms with Crippen LogP contribution in [0, 0.1) is 17.7 Å². The fourth-order valence-corrected chi connectivity index (χ4v) is 1.73. The van der Waals surface area contributed by atoms with E-state index >= 15 is 0 Å². The van der Waals surface area contributed by atoms with E-state index < -0.39 is 0 Å². The van der Waals surface area contributed by atoms with Gasteiger partial charge in [0.15, 0.2) is 0 Å². The monoisotopic (exact) mass is 209 g/mol. The summed E-state index contributed by atoms with van der Waals surface area (Å²) in [6, 6.07) is 6.82. The maximum atomic E-state index is 12.7. The van der Waals surface area contributed by atoms with E-state index in [1.54, 1.807) is 0 Å². The molecule has 1 nitrogen and oxygen atoms in total. The van der Waals surface area contributed by atoms with Gasteiger partial charge in [0.25, 0.3) is 0 Å². The Morgan fingerprint density at radius 2 is 1.80 bits per heavy atom. The van der Waals surface area contributed by atoms with Gasteiger partial charge in [0.1, 0.15) is 5.82 Å². The van der Waals surface area contributed by atoms with E-state index in [1.165, 1.54) is 17.7 Å². The predicted octanol–water partition coefficient (Wildman–Crippen LogP) is 2.86. The Hall–Kier alpha value is -0.890. The first-order valence-electron chi connectivity index (χ1n) is 5.52. The molecule has 0 bridgehead atoms. The first-order valence-corrected chi connectivity index (χ1v) is 5.52. The number of hydrogen-bond acceptors (Lipinski definition) is 1. The zero-order valence-electron chi connectivity index (χ0n) is 9.76. The molecule has 0 saturated heterocycles. The van der Waals surface area contributed by atoms with Gasteiger partial charge in [-0.2, -0.15) is 0 Å². The summed E-state index contributed by atoms with van der Waals surface area (Å²) >= 11 is 0. The lowest BCUT2D eigenvalue weighted by Crippen LogP contribution is -2.25. The second-order valence-corrected chi connectivity index (χ2v) is 4.39. The highest BCUT2D eigenvalue weighted by atomic mass is 19.1. The fourth-order valence-electron chi connectivity index (χ4n) is 1.73. The van der Waals surface area contributed by atoms with Crippen molar-refractivity contribution in [2.24, 2.45) is 11.8 Å². The van der Waals surface area contributed by atoms with E-state index in [9.17, 15) is 4.39 Å². The largest absolute Gasteiger partial charge is 0.319 e. The molecule has 1 aromatic carbocycles. The molecule has 0 saturated carbocycles. The Morgan fingerprint density at radius 1 is 1.20 bits per heavy atom. The Morgan fingerprint density at radius 3 is 2.27 bits per heavy atom. The molecule has 0 heterocycles. The van der Waals surface area contributed by atoms with Crippen molar-refractivity contribution in [3.8, 4) is 0 Å². The third-order valence-electron chi connectivity index (χ3n) is 2.82. The summed E-state index contributed by atoms with van der Waals surface area (Å²) in [5, 5.41) is 3.21. The van der Waals surface area contributed by atoms with Crippen LogP contribution in [0.4, 0.5) is 4.39 Å². The van der Waals surface area contributed by atoms with Crippen molar-refractivity contribution in [2.45, 2.75) is 20.3 Å². The van der Waals surface area contributed by atoms with E-state index in [-0.39, 0.29) is 5.82 Å². The molecule has 0 aliphatic heterocycles. The van der Waals surface area contributed by atoms with E-state index in [2.05, 4.69) is 19.2 Å². The summed E-state index contributed by atoms with van der Waals surface area (Å²) in [7, 11) is 1.97. The van der Waals surface area contributed by atoms with Gasteiger partial charge in [-0.05, 0) is 49.5 Å². The summed E-state index contributed by atoms with van der Waals surface area (Å²) < 4.78 is 12.7. The van der Waals surface area contributed by atoms with E-state index in [1.807, 2.05) is 19.2 Å². The Bertz CT molecular complexity index is 279. The topological polar surface area (TPSA) is 12.0 Å². The molecule has 1 atom stereocenters. The molecule has 0 amide bonds. The first-order chi connectivity index (χ1) is 7.13. The lowest BCUT2D eigenvalue weighted by Gasteiger charge is -2.20. The van der Waals surface area contributed by atoms with Crippen molar-refractivity contribution >= 4 is 0 Å². The number of halogens is 1. The van der Waals surface area contributed by atoms with Crippen LogP contribution in [0.3, 0.4) is 0 Å². The van der Waals surface area contributed by atoms with Gasteiger partial charge in [-0.25, -0.2) is 4.39 Å². The highest BCUT2D eigenvalue weighted by molar-refractivity contribution is 5.16. The molecule has 0 aliphatic carbocycles. The summed E-state index contributed by atoms with van der Waals surface area (Å²) in [6.07, 6.45) is 1.01. The molecular weight excluding hydrogens is 189 g/mol. The maximum Gasteiger partial charge on any atom is 0.123 e. The van der Waals surface area contributed by atoms with E-state index in [0.717, 1.165) is 13.0 Å². The summed E-state index contributed by atoms with van der Waals surface area (Å²) in [5.41, 5.74) is 1.21. The number of nitrogens with one attached hydrogen (secondary N) is 1. The van der Waals surface area contributed by atoms with Crippen molar-refractivity contribution < 1.29 is 4.39 Å². The van der Waals surface area contributed by atoms with Crippen LogP contribution in [-0.4, -0.2) is 13.6 Å². The molecule has 0 radical (unpaired) electrons. The van der Waals surface area contributed by atoms with Gasteiger partial charge in [0.2, 0.25) is 0 Å². The van der Waals surface area contributed by atoms with Crippen LogP contribution in [0.25, 0.3) is 0 Å². The number of benzene rings is 1. The Kier molecular flexibility index (Phi) is 4.76. The summed E-state index contributed by atoms with van der Waals surface area (Å²) in [4.78, 5) is 0. The SMILES string of the molecule is CNCC(Cc1ccc(F)cc1)C(C)C.